The van der Waals surface area contributed by atoms with Crippen molar-refractivity contribution in [1.82, 2.24) is 0 Å². The van der Waals surface area contributed by atoms with Crippen LogP contribution in [0.15, 0.2) is 18.2 Å². The molecule has 90 valence electrons. The van der Waals surface area contributed by atoms with Crippen LogP contribution in [0.1, 0.15) is 37.4 Å². The minimum absolute atomic E-state index is 0.0881. The Bertz CT molecular complexity index is 355. The minimum Gasteiger partial charge on any atom is -0.496 e. The Hall–Kier alpha value is -1.06. The van der Waals surface area contributed by atoms with Crippen LogP contribution >= 0.6 is 0 Å². The Kier molecular flexibility index (Phi) is 3.94. The molecule has 1 aromatic carbocycles. The fourth-order valence-electron chi connectivity index (χ4n) is 1.82. The Labute approximate surface area is 97.8 Å². The molecule has 0 amide bonds. The van der Waals surface area contributed by atoms with Gasteiger partial charge >= 0.3 is 0 Å². The fraction of sp³-hybridized carbons (Fsp3) is 0.538. The standard InChI is InChI=1S/C13H22N2O/c1-9-5-6-12(16-4)10(7-9)11(14)8-13(2,3)15/h5-7,11H,8,14-15H2,1-4H3. The van der Waals surface area contributed by atoms with Crippen molar-refractivity contribution >= 4 is 0 Å². The molecule has 0 aliphatic heterocycles. The van der Waals surface area contributed by atoms with Crippen molar-refractivity contribution in [2.45, 2.75) is 38.8 Å². The molecule has 0 heterocycles. The van der Waals surface area contributed by atoms with Crippen LogP contribution in [0.3, 0.4) is 0 Å². The third-order valence-electron chi connectivity index (χ3n) is 2.53. The molecule has 0 saturated heterocycles. The van der Waals surface area contributed by atoms with Gasteiger partial charge in [0.2, 0.25) is 0 Å². The maximum absolute atomic E-state index is 6.17. The van der Waals surface area contributed by atoms with E-state index in [0.29, 0.717) is 0 Å². The summed E-state index contributed by atoms with van der Waals surface area (Å²) in [6.45, 7) is 6.01. The second kappa shape index (κ2) is 4.85. The molecule has 4 N–H and O–H groups in total. The molecule has 1 unspecified atom stereocenters. The Balaban J connectivity index is 2.97. The highest BCUT2D eigenvalue weighted by Gasteiger charge is 2.20. The van der Waals surface area contributed by atoms with Crippen LogP contribution < -0.4 is 16.2 Å². The summed E-state index contributed by atoms with van der Waals surface area (Å²) in [7, 11) is 1.66. The molecule has 0 aromatic heterocycles. The lowest BCUT2D eigenvalue weighted by atomic mass is 9.91. The largest absolute Gasteiger partial charge is 0.496 e. The Morgan fingerprint density at radius 3 is 2.50 bits per heavy atom. The first-order valence-electron chi connectivity index (χ1n) is 5.52. The van der Waals surface area contributed by atoms with Crippen molar-refractivity contribution in [3.05, 3.63) is 29.3 Å². The lowest BCUT2D eigenvalue weighted by molar-refractivity contribution is 0.388. The molecule has 0 bridgehead atoms. The molecule has 3 heteroatoms. The normalized spacial score (nSPS) is 13.6. The van der Waals surface area contributed by atoms with Crippen LogP contribution in [0.25, 0.3) is 0 Å². The van der Waals surface area contributed by atoms with Crippen molar-refractivity contribution in [2.75, 3.05) is 7.11 Å². The molecule has 3 nitrogen and oxygen atoms in total. The summed E-state index contributed by atoms with van der Waals surface area (Å²) in [4.78, 5) is 0. The lowest BCUT2D eigenvalue weighted by Crippen LogP contribution is -2.36. The summed E-state index contributed by atoms with van der Waals surface area (Å²) in [5.41, 5.74) is 14.1. The van der Waals surface area contributed by atoms with E-state index in [1.54, 1.807) is 7.11 Å². The van der Waals surface area contributed by atoms with Gasteiger partial charge in [-0.15, -0.1) is 0 Å². The highest BCUT2D eigenvalue weighted by Crippen LogP contribution is 2.29. The van der Waals surface area contributed by atoms with E-state index >= 15 is 0 Å². The molecule has 1 aromatic rings. The first kappa shape index (κ1) is 13.0. The molecule has 0 radical (unpaired) electrons. The van der Waals surface area contributed by atoms with Crippen LogP contribution in [0.5, 0.6) is 5.75 Å². The van der Waals surface area contributed by atoms with Crippen LogP contribution in [0, 0.1) is 6.92 Å². The van der Waals surface area contributed by atoms with E-state index in [1.165, 1.54) is 5.56 Å². The van der Waals surface area contributed by atoms with Crippen molar-refractivity contribution in [3.8, 4) is 5.75 Å². The summed E-state index contributed by atoms with van der Waals surface area (Å²) in [5, 5.41) is 0. The summed E-state index contributed by atoms with van der Waals surface area (Å²) in [6, 6.07) is 5.95. The molecule has 0 spiro atoms. The van der Waals surface area contributed by atoms with Gasteiger partial charge in [0, 0.05) is 17.1 Å². The van der Waals surface area contributed by atoms with Gasteiger partial charge < -0.3 is 16.2 Å². The van der Waals surface area contributed by atoms with Crippen LogP contribution in [0.2, 0.25) is 0 Å². The van der Waals surface area contributed by atoms with Gasteiger partial charge in [-0.05, 0) is 33.3 Å². The van der Waals surface area contributed by atoms with Crippen molar-refractivity contribution < 1.29 is 4.74 Å². The molecular weight excluding hydrogens is 200 g/mol. The first-order chi connectivity index (χ1) is 7.33. The van der Waals surface area contributed by atoms with E-state index in [1.807, 2.05) is 32.9 Å². The van der Waals surface area contributed by atoms with Crippen molar-refractivity contribution in [2.24, 2.45) is 11.5 Å². The predicted molar refractivity (Wildman–Crippen MR) is 67.5 cm³/mol. The van der Waals surface area contributed by atoms with Gasteiger partial charge in [0.1, 0.15) is 5.75 Å². The van der Waals surface area contributed by atoms with E-state index in [0.717, 1.165) is 17.7 Å². The van der Waals surface area contributed by atoms with Crippen LogP contribution in [-0.2, 0) is 0 Å². The smallest absolute Gasteiger partial charge is 0.123 e. The number of hydrogen-bond donors (Lipinski definition) is 2. The van der Waals surface area contributed by atoms with Gasteiger partial charge in [-0.3, -0.25) is 0 Å². The van der Waals surface area contributed by atoms with E-state index in [-0.39, 0.29) is 11.6 Å². The third-order valence-corrected chi connectivity index (χ3v) is 2.53. The molecule has 0 fully saturated rings. The van der Waals surface area contributed by atoms with Crippen LogP contribution in [-0.4, -0.2) is 12.6 Å². The fourth-order valence-corrected chi connectivity index (χ4v) is 1.82. The number of rotatable bonds is 4. The molecule has 16 heavy (non-hydrogen) atoms. The second-order valence-electron chi connectivity index (χ2n) is 5.04. The molecule has 0 saturated carbocycles. The zero-order chi connectivity index (χ0) is 12.3. The SMILES string of the molecule is COc1ccc(C)cc1C(N)CC(C)(C)N. The molecule has 1 atom stereocenters. The average molecular weight is 222 g/mol. The van der Waals surface area contributed by atoms with Gasteiger partial charge in [-0.25, -0.2) is 0 Å². The number of ether oxygens (including phenoxy) is 1. The number of benzene rings is 1. The number of hydrogen-bond acceptors (Lipinski definition) is 3. The number of methoxy groups -OCH3 is 1. The third kappa shape index (κ3) is 3.51. The maximum Gasteiger partial charge on any atom is 0.123 e. The summed E-state index contributed by atoms with van der Waals surface area (Å²) in [6.07, 6.45) is 0.729. The van der Waals surface area contributed by atoms with E-state index in [4.69, 9.17) is 16.2 Å². The highest BCUT2D eigenvalue weighted by molar-refractivity contribution is 5.39. The minimum atomic E-state index is -0.270. The van der Waals surface area contributed by atoms with Crippen LogP contribution in [0.4, 0.5) is 0 Å². The Morgan fingerprint density at radius 1 is 1.38 bits per heavy atom. The van der Waals surface area contributed by atoms with Gasteiger partial charge in [0.25, 0.3) is 0 Å². The number of nitrogens with two attached hydrogens (primary N) is 2. The Morgan fingerprint density at radius 2 is 2.00 bits per heavy atom. The van der Waals surface area contributed by atoms with E-state index in [2.05, 4.69) is 6.07 Å². The van der Waals surface area contributed by atoms with Gasteiger partial charge in [-0.1, -0.05) is 17.7 Å². The maximum atomic E-state index is 6.17. The zero-order valence-corrected chi connectivity index (χ0v) is 10.6. The van der Waals surface area contributed by atoms with Crippen molar-refractivity contribution in [1.29, 1.82) is 0 Å². The monoisotopic (exact) mass is 222 g/mol. The molecule has 0 aliphatic carbocycles. The lowest BCUT2D eigenvalue weighted by Gasteiger charge is -2.24. The zero-order valence-electron chi connectivity index (χ0n) is 10.6. The van der Waals surface area contributed by atoms with Gasteiger partial charge in [0.15, 0.2) is 0 Å². The summed E-state index contributed by atoms with van der Waals surface area (Å²) in [5.74, 6) is 0.836. The van der Waals surface area contributed by atoms with Gasteiger partial charge in [-0.2, -0.15) is 0 Å². The summed E-state index contributed by atoms with van der Waals surface area (Å²) < 4.78 is 5.32. The van der Waals surface area contributed by atoms with E-state index in [9.17, 15) is 0 Å². The first-order valence-corrected chi connectivity index (χ1v) is 5.52. The molecular formula is C13H22N2O. The summed E-state index contributed by atoms with van der Waals surface area (Å²) >= 11 is 0. The quantitative estimate of drug-likeness (QED) is 0.820. The average Bonchev–Trinajstić information content (AvgIpc) is 2.15. The van der Waals surface area contributed by atoms with Crippen molar-refractivity contribution in [3.63, 3.8) is 0 Å². The number of aryl methyl sites for hydroxylation is 1. The van der Waals surface area contributed by atoms with E-state index < -0.39 is 0 Å². The molecule has 1 rings (SSSR count). The van der Waals surface area contributed by atoms with Gasteiger partial charge in [0.05, 0.1) is 7.11 Å². The predicted octanol–water partition coefficient (Wildman–Crippen LogP) is 2.13. The molecule has 0 aliphatic rings. The second-order valence-corrected chi connectivity index (χ2v) is 5.04. The highest BCUT2D eigenvalue weighted by atomic mass is 16.5. The topological polar surface area (TPSA) is 61.3 Å².